The highest BCUT2D eigenvalue weighted by Gasteiger charge is 2.22. The molecule has 0 spiro atoms. The highest BCUT2D eigenvalue weighted by Crippen LogP contribution is 2.35. The van der Waals surface area contributed by atoms with Gasteiger partial charge in [0.2, 0.25) is 0 Å². The third kappa shape index (κ3) is 2.79. The first-order chi connectivity index (χ1) is 5.24. The zero-order valence-corrected chi connectivity index (χ0v) is 7.48. The van der Waals surface area contributed by atoms with E-state index >= 15 is 0 Å². The van der Waals surface area contributed by atoms with Crippen molar-refractivity contribution in [2.75, 3.05) is 0 Å². The molecule has 0 aromatic heterocycles. The first kappa shape index (κ1) is 8.38. The lowest BCUT2D eigenvalue weighted by atomic mass is 10.2. The number of rotatable bonds is 4. The largest absolute Gasteiger partial charge is 0.366 e. The van der Waals surface area contributed by atoms with Crippen LogP contribution in [0.15, 0.2) is 24.0 Å². The van der Waals surface area contributed by atoms with Crippen molar-refractivity contribution in [2.45, 2.75) is 33.1 Å². The minimum Gasteiger partial charge on any atom is -0.366 e. The van der Waals surface area contributed by atoms with Crippen LogP contribution in [0.2, 0.25) is 0 Å². The van der Waals surface area contributed by atoms with Gasteiger partial charge >= 0.3 is 0 Å². The molecule has 0 aliphatic heterocycles. The summed E-state index contributed by atoms with van der Waals surface area (Å²) in [4.78, 5) is 0. The molecule has 1 heteroatoms. The standard InChI is InChI=1S/C10H17N/c1-4-9(3)11-7-8(2)10-5-6-10/h7,10-11H,3-6H2,1-2H3/b8-7+. The molecule has 1 nitrogen and oxygen atoms in total. The third-order valence-corrected chi connectivity index (χ3v) is 2.15. The van der Waals surface area contributed by atoms with E-state index in [1.165, 1.54) is 18.4 Å². The fraction of sp³-hybridized carbons (Fsp3) is 0.600. The summed E-state index contributed by atoms with van der Waals surface area (Å²) in [5.74, 6) is 0.868. The summed E-state index contributed by atoms with van der Waals surface area (Å²) in [6, 6.07) is 0. The van der Waals surface area contributed by atoms with E-state index in [0.717, 1.165) is 18.0 Å². The maximum absolute atomic E-state index is 3.87. The molecule has 1 saturated carbocycles. The molecule has 0 bridgehead atoms. The molecule has 11 heavy (non-hydrogen) atoms. The lowest BCUT2D eigenvalue weighted by Gasteiger charge is -2.02. The number of nitrogens with one attached hydrogen (secondary N) is 1. The van der Waals surface area contributed by atoms with Crippen molar-refractivity contribution in [2.24, 2.45) is 5.92 Å². The van der Waals surface area contributed by atoms with Gasteiger partial charge in [0.1, 0.15) is 0 Å². The summed E-state index contributed by atoms with van der Waals surface area (Å²) < 4.78 is 0. The van der Waals surface area contributed by atoms with Crippen LogP contribution in [0.25, 0.3) is 0 Å². The third-order valence-electron chi connectivity index (χ3n) is 2.15. The summed E-state index contributed by atoms with van der Waals surface area (Å²) in [7, 11) is 0. The van der Waals surface area contributed by atoms with Gasteiger partial charge in [-0.15, -0.1) is 0 Å². The van der Waals surface area contributed by atoms with Crippen LogP contribution in [0.1, 0.15) is 33.1 Å². The Labute approximate surface area is 69.2 Å². The van der Waals surface area contributed by atoms with Gasteiger partial charge in [0, 0.05) is 5.70 Å². The molecule has 1 aliphatic carbocycles. The smallest absolute Gasteiger partial charge is 0.00706 e. The van der Waals surface area contributed by atoms with Crippen LogP contribution < -0.4 is 5.32 Å². The zero-order valence-electron chi connectivity index (χ0n) is 7.48. The molecule has 0 aromatic rings. The molecule has 1 rings (SSSR count). The maximum Gasteiger partial charge on any atom is 0.00706 e. The van der Waals surface area contributed by atoms with E-state index in [0.29, 0.717) is 0 Å². The summed E-state index contributed by atoms with van der Waals surface area (Å²) in [5.41, 5.74) is 2.57. The Bertz CT molecular complexity index is 175. The Morgan fingerprint density at radius 1 is 1.64 bits per heavy atom. The molecular formula is C10H17N. The summed E-state index contributed by atoms with van der Waals surface area (Å²) in [6.45, 7) is 8.16. The van der Waals surface area contributed by atoms with Gasteiger partial charge in [0.25, 0.3) is 0 Å². The normalized spacial score (nSPS) is 18.2. The molecule has 0 amide bonds. The van der Waals surface area contributed by atoms with E-state index in [1.807, 2.05) is 0 Å². The van der Waals surface area contributed by atoms with Crippen molar-refractivity contribution in [3.63, 3.8) is 0 Å². The van der Waals surface area contributed by atoms with Gasteiger partial charge in [-0.05, 0) is 38.3 Å². The predicted molar refractivity (Wildman–Crippen MR) is 49.0 cm³/mol. The van der Waals surface area contributed by atoms with Crippen molar-refractivity contribution in [1.29, 1.82) is 0 Å². The second-order valence-electron chi connectivity index (χ2n) is 3.26. The van der Waals surface area contributed by atoms with E-state index in [4.69, 9.17) is 0 Å². The molecule has 0 unspecified atom stereocenters. The number of hydrogen-bond acceptors (Lipinski definition) is 1. The van der Waals surface area contributed by atoms with Crippen molar-refractivity contribution in [3.8, 4) is 0 Å². The van der Waals surface area contributed by atoms with Crippen LogP contribution in [-0.4, -0.2) is 0 Å². The van der Waals surface area contributed by atoms with Gasteiger partial charge in [-0.3, -0.25) is 0 Å². The summed E-state index contributed by atoms with van der Waals surface area (Å²) >= 11 is 0. The first-order valence-electron chi connectivity index (χ1n) is 4.35. The summed E-state index contributed by atoms with van der Waals surface area (Å²) in [5, 5.41) is 3.20. The van der Waals surface area contributed by atoms with Crippen molar-refractivity contribution < 1.29 is 0 Å². The van der Waals surface area contributed by atoms with Gasteiger partial charge in [-0.25, -0.2) is 0 Å². The average Bonchev–Trinajstić information content (AvgIpc) is 2.81. The Kier molecular flexibility index (Phi) is 2.75. The van der Waals surface area contributed by atoms with Crippen LogP contribution in [-0.2, 0) is 0 Å². The number of hydrogen-bond donors (Lipinski definition) is 1. The number of allylic oxidation sites excluding steroid dienone is 2. The van der Waals surface area contributed by atoms with Gasteiger partial charge in [-0.1, -0.05) is 19.1 Å². The Morgan fingerprint density at radius 2 is 2.27 bits per heavy atom. The molecule has 1 fully saturated rings. The van der Waals surface area contributed by atoms with E-state index < -0.39 is 0 Å². The lowest BCUT2D eigenvalue weighted by Crippen LogP contribution is -2.03. The minimum absolute atomic E-state index is 0.868. The fourth-order valence-corrected chi connectivity index (χ4v) is 0.974. The van der Waals surface area contributed by atoms with Crippen LogP contribution in [0.5, 0.6) is 0 Å². The molecule has 0 atom stereocenters. The van der Waals surface area contributed by atoms with Gasteiger partial charge in [0.15, 0.2) is 0 Å². The summed E-state index contributed by atoms with van der Waals surface area (Å²) in [6.07, 6.45) is 5.86. The highest BCUT2D eigenvalue weighted by atomic mass is 14.8. The highest BCUT2D eigenvalue weighted by molar-refractivity contribution is 5.11. The Balaban J connectivity index is 2.27. The van der Waals surface area contributed by atoms with Crippen LogP contribution in [0.3, 0.4) is 0 Å². The fourth-order valence-electron chi connectivity index (χ4n) is 0.974. The topological polar surface area (TPSA) is 12.0 Å². The lowest BCUT2D eigenvalue weighted by molar-refractivity contribution is 0.908. The molecule has 0 heterocycles. The van der Waals surface area contributed by atoms with E-state index in [2.05, 4.69) is 31.9 Å². The zero-order chi connectivity index (χ0) is 8.27. The molecule has 62 valence electrons. The molecule has 0 saturated heterocycles. The second-order valence-corrected chi connectivity index (χ2v) is 3.26. The van der Waals surface area contributed by atoms with Crippen LogP contribution in [0, 0.1) is 5.92 Å². The second kappa shape index (κ2) is 3.61. The quantitative estimate of drug-likeness (QED) is 0.651. The van der Waals surface area contributed by atoms with Crippen molar-refractivity contribution in [1.82, 2.24) is 5.32 Å². The SMILES string of the molecule is C=C(CC)N/C=C(\C)C1CC1. The molecule has 0 aromatic carbocycles. The van der Waals surface area contributed by atoms with Gasteiger partial charge in [-0.2, -0.15) is 0 Å². The van der Waals surface area contributed by atoms with Crippen molar-refractivity contribution in [3.05, 3.63) is 24.0 Å². The van der Waals surface area contributed by atoms with Gasteiger partial charge in [0.05, 0.1) is 0 Å². The average molecular weight is 151 g/mol. The van der Waals surface area contributed by atoms with Crippen LogP contribution in [0.4, 0.5) is 0 Å². The first-order valence-corrected chi connectivity index (χ1v) is 4.35. The maximum atomic E-state index is 3.87. The Hall–Kier alpha value is -0.720. The predicted octanol–water partition coefficient (Wildman–Crippen LogP) is 2.81. The Morgan fingerprint density at radius 3 is 2.73 bits per heavy atom. The molecular weight excluding hydrogens is 134 g/mol. The molecule has 1 N–H and O–H groups in total. The molecule has 1 aliphatic rings. The van der Waals surface area contributed by atoms with E-state index in [1.54, 1.807) is 0 Å². The minimum atomic E-state index is 0.868. The molecule has 0 radical (unpaired) electrons. The van der Waals surface area contributed by atoms with Crippen molar-refractivity contribution >= 4 is 0 Å². The van der Waals surface area contributed by atoms with E-state index in [9.17, 15) is 0 Å². The van der Waals surface area contributed by atoms with Crippen LogP contribution >= 0.6 is 0 Å². The van der Waals surface area contributed by atoms with E-state index in [-0.39, 0.29) is 0 Å². The van der Waals surface area contributed by atoms with Gasteiger partial charge < -0.3 is 5.32 Å². The monoisotopic (exact) mass is 151 g/mol.